The van der Waals surface area contributed by atoms with Crippen LogP contribution in [0.5, 0.6) is 0 Å². The molecule has 0 aliphatic heterocycles. The Kier molecular flexibility index (Phi) is 9.08. The lowest BCUT2D eigenvalue weighted by atomic mass is 10.3. The molecule has 5 nitrogen and oxygen atoms in total. The first kappa shape index (κ1) is 19.8. The first-order valence-electron chi connectivity index (χ1n) is 7.54. The van der Waals surface area contributed by atoms with Crippen molar-refractivity contribution in [1.82, 2.24) is 20.6 Å². The van der Waals surface area contributed by atoms with E-state index in [9.17, 15) is 0 Å². The summed E-state index contributed by atoms with van der Waals surface area (Å²) < 4.78 is 0. The second-order valence-electron chi connectivity index (χ2n) is 4.93. The fourth-order valence-electron chi connectivity index (χ4n) is 2.09. The Morgan fingerprint density at radius 2 is 2.09 bits per heavy atom. The molecule has 2 heterocycles. The van der Waals surface area contributed by atoms with Crippen molar-refractivity contribution in [1.29, 1.82) is 0 Å². The first-order chi connectivity index (χ1) is 10.7. The van der Waals surface area contributed by atoms with Crippen molar-refractivity contribution in [2.45, 2.75) is 33.7 Å². The Labute approximate surface area is 159 Å². The van der Waals surface area contributed by atoms with Gasteiger partial charge in [-0.2, -0.15) is 0 Å². The van der Waals surface area contributed by atoms with Gasteiger partial charge in [-0.15, -0.1) is 35.3 Å². The van der Waals surface area contributed by atoms with Crippen LogP contribution in [0, 0.1) is 13.8 Å². The number of halogens is 1. The summed E-state index contributed by atoms with van der Waals surface area (Å²) in [4.78, 5) is 14.6. The number of hydrogen-bond acceptors (Lipinski definition) is 4. The number of guanidine groups is 1. The Bertz CT molecular complexity index is 612. The molecule has 0 fully saturated rings. The van der Waals surface area contributed by atoms with Crippen LogP contribution in [0.15, 0.2) is 29.4 Å². The SMILES string of the molecule is CCNC(=NCc1ccccn1)NCCc1sc(C)nc1C.I. The average Bonchev–Trinajstić information content (AvgIpc) is 2.84. The quantitative estimate of drug-likeness (QED) is 0.408. The summed E-state index contributed by atoms with van der Waals surface area (Å²) in [6, 6.07) is 5.87. The van der Waals surface area contributed by atoms with Gasteiger partial charge in [0.05, 0.1) is 22.9 Å². The molecule has 0 radical (unpaired) electrons. The van der Waals surface area contributed by atoms with Crippen LogP contribution < -0.4 is 10.6 Å². The summed E-state index contributed by atoms with van der Waals surface area (Å²) >= 11 is 1.77. The van der Waals surface area contributed by atoms with Crippen LogP contribution in [-0.4, -0.2) is 29.0 Å². The number of rotatable bonds is 6. The molecule has 0 saturated heterocycles. The maximum Gasteiger partial charge on any atom is 0.191 e. The van der Waals surface area contributed by atoms with E-state index in [-0.39, 0.29) is 24.0 Å². The molecule has 0 atom stereocenters. The minimum atomic E-state index is 0. The van der Waals surface area contributed by atoms with Gasteiger partial charge in [0.25, 0.3) is 0 Å². The first-order valence-corrected chi connectivity index (χ1v) is 8.35. The molecule has 0 bridgehead atoms. The van der Waals surface area contributed by atoms with Gasteiger partial charge in [-0.1, -0.05) is 6.07 Å². The molecular weight excluding hydrogens is 421 g/mol. The van der Waals surface area contributed by atoms with Crippen LogP contribution in [-0.2, 0) is 13.0 Å². The highest BCUT2D eigenvalue weighted by molar-refractivity contribution is 14.0. The highest BCUT2D eigenvalue weighted by Crippen LogP contribution is 2.16. The number of nitrogens with zero attached hydrogens (tertiary/aromatic N) is 3. The second kappa shape index (κ2) is 10.5. The van der Waals surface area contributed by atoms with Crippen molar-refractivity contribution in [3.05, 3.63) is 45.7 Å². The number of aliphatic imine (C=N–C) groups is 1. The summed E-state index contributed by atoms with van der Waals surface area (Å²) in [5, 5.41) is 7.75. The molecule has 126 valence electrons. The molecule has 0 spiro atoms. The molecule has 0 aromatic carbocycles. The number of hydrogen-bond donors (Lipinski definition) is 2. The number of thiazole rings is 1. The van der Waals surface area contributed by atoms with E-state index in [0.717, 1.165) is 41.9 Å². The predicted octanol–water partition coefficient (Wildman–Crippen LogP) is 3.07. The molecule has 0 unspecified atom stereocenters. The van der Waals surface area contributed by atoms with Gasteiger partial charge in [-0.05, 0) is 32.9 Å². The zero-order valence-electron chi connectivity index (χ0n) is 13.8. The molecule has 0 aliphatic rings. The summed E-state index contributed by atoms with van der Waals surface area (Å²) in [6.45, 7) is 8.44. The van der Waals surface area contributed by atoms with E-state index >= 15 is 0 Å². The van der Waals surface area contributed by atoms with Gasteiger partial charge in [0.2, 0.25) is 0 Å². The van der Waals surface area contributed by atoms with Gasteiger partial charge in [-0.3, -0.25) is 4.98 Å². The molecule has 2 aromatic heterocycles. The Balaban J connectivity index is 0.00000264. The maximum absolute atomic E-state index is 4.56. The lowest BCUT2D eigenvalue weighted by molar-refractivity contribution is 0.798. The van der Waals surface area contributed by atoms with Gasteiger partial charge in [0, 0.05) is 30.6 Å². The van der Waals surface area contributed by atoms with E-state index in [1.165, 1.54) is 4.88 Å². The summed E-state index contributed by atoms with van der Waals surface area (Å²) in [5.41, 5.74) is 2.10. The molecule has 0 aliphatic carbocycles. The third-order valence-corrected chi connectivity index (χ3v) is 4.25. The number of nitrogens with one attached hydrogen (secondary N) is 2. The Morgan fingerprint density at radius 1 is 1.26 bits per heavy atom. The van der Waals surface area contributed by atoms with Crippen molar-refractivity contribution < 1.29 is 0 Å². The highest BCUT2D eigenvalue weighted by atomic mass is 127. The third-order valence-electron chi connectivity index (χ3n) is 3.11. The van der Waals surface area contributed by atoms with Crippen molar-refractivity contribution in [2.24, 2.45) is 4.99 Å². The van der Waals surface area contributed by atoms with E-state index in [2.05, 4.69) is 39.4 Å². The van der Waals surface area contributed by atoms with Crippen LogP contribution in [0.3, 0.4) is 0 Å². The normalized spacial score (nSPS) is 11.0. The molecule has 2 N–H and O–H groups in total. The molecular formula is C16H24IN5S. The smallest absolute Gasteiger partial charge is 0.191 e. The van der Waals surface area contributed by atoms with Crippen molar-refractivity contribution >= 4 is 41.3 Å². The van der Waals surface area contributed by atoms with Crippen LogP contribution in [0.4, 0.5) is 0 Å². The van der Waals surface area contributed by atoms with E-state index in [4.69, 9.17) is 0 Å². The predicted molar refractivity (Wildman–Crippen MR) is 108 cm³/mol. The molecule has 23 heavy (non-hydrogen) atoms. The second-order valence-corrected chi connectivity index (χ2v) is 6.22. The number of aryl methyl sites for hydroxylation is 2. The third kappa shape index (κ3) is 6.82. The summed E-state index contributed by atoms with van der Waals surface area (Å²) in [7, 11) is 0. The van der Waals surface area contributed by atoms with Crippen LogP contribution in [0.25, 0.3) is 0 Å². The number of aromatic nitrogens is 2. The Hall–Kier alpha value is -1.22. The van der Waals surface area contributed by atoms with Gasteiger partial charge < -0.3 is 10.6 Å². The van der Waals surface area contributed by atoms with E-state index in [0.29, 0.717) is 6.54 Å². The van der Waals surface area contributed by atoms with Crippen LogP contribution >= 0.6 is 35.3 Å². The minimum absolute atomic E-state index is 0. The lowest BCUT2D eigenvalue weighted by Gasteiger charge is -2.10. The largest absolute Gasteiger partial charge is 0.357 e. The molecule has 0 saturated carbocycles. The van der Waals surface area contributed by atoms with Crippen molar-refractivity contribution in [3.63, 3.8) is 0 Å². The van der Waals surface area contributed by atoms with Gasteiger partial charge in [0.1, 0.15) is 0 Å². The molecule has 2 rings (SSSR count). The zero-order valence-corrected chi connectivity index (χ0v) is 16.9. The van der Waals surface area contributed by atoms with Crippen molar-refractivity contribution in [2.75, 3.05) is 13.1 Å². The van der Waals surface area contributed by atoms with Crippen LogP contribution in [0.2, 0.25) is 0 Å². The monoisotopic (exact) mass is 445 g/mol. The van der Waals surface area contributed by atoms with Gasteiger partial charge >= 0.3 is 0 Å². The fraction of sp³-hybridized carbons (Fsp3) is 0.438. The van der Waals surface area contributed by atoms with Gasteiger partial charge in [-0.25, -0.2) is 9.98 Å². The lowest BCUT2D eigenvalue weighted by Crippen LogP contribution is -2.38. The van der Waals surface area contributed by atoms with Gasteiger partial charge in [0.15, 0.2) is 5.96 Å². The van der Waals surface area contributed by atoms with Crippen molar-refractivity contribution in [3.8, 4) is 0 Å². The fourth-order valence-corrected chi connectivity index (χ4v) is 3.03. The minimum Gasteiger partial charge on any atom is -0.357 e. The van der Waals surface area contributed by atoms with E-state index < -0.39 is 0 Å². The average molecular weight is 445 g/mol. The molecule has 0 amide bonds. The van der Waals surface area contributed by atoms with E-state index in [1.807, 2.05) is 25.1 Å². The Morgan fingerprint density at radius 3 is 2.70 bits per heavy atom. The maximum atomic E-state index is 4.56. The zero-order chi connectivity index (χ0) is 15.8. The summed E-state index contributed by atoms with van der Waals surface area (Å²) in [5.74, 6) is 0.826. The van der Waals surface area contributed by atoms with Crippen LogP contribution in [0.1, 0.15) is 28.2 Å². The molecule has 7 heteroatoms. The number of pyridine rings is 1. The summed E-state index contributed by atoms with van der Waals surface area (Å²) in [6.07, 6.45) is 2.76. The highest BCUT2D eigenvalue weighted by Gasteiger charge is 2.05. The topological polar surface area (TPSA) is 62.2 Å². The van der Waals surface area contributed by atoms with E-state index in [1.54, 1.807) is 17.5 Å². The molecule has 2 aromatic rings. The standard InChI is InChI=1S/C16H23N5S.HI/c1-4-17-16(20-11-14-7-5-6-9-18-14)19-10-8-15-12(2)21-13(3)22-15;/h5-7,9H,4,8,10-11H2,1-3H3,(H2,17,19,20);1H.